The lowest BCUT2D eigenvalue weighted by Gasteiger charge is -2.11. The molecule has 0 N–H and O–H groups in total. The third-order valence-electron chi connectivity index (χ3n) is 1.92. The predicted molar refractivity (Wildman–Crippen MR) is 54.1 cm³/mol. The molecule has 1 rings (SSSR count). The minimum Gasteiger partial charge on any atom is -0.315 e. The third kappa shape index (κ3) is 1.94. The van der Waals surface area contributed by atoms with Gasteiger partial charge < -0.3 is 4.57 Å². The molecular weight excluding hydrogens is 310 g/mol. The summed E-state index contributed by atoms with van der Waals surface area (Å²) in [6.07, 6.45) is -4.46. The molecule has 0 radical (unpaired) electrons. The number of aromatic nitrogens is 1. The highest BCUT2D eigenvalue weighted by atomic mass is 127. The molecule has 1 aromatic heterocycles. The van der Waals surface area contributed by atoms with Crippen LogP contribution in [0.15, 0.2) is 10.9 Å². The fraction of sp³-hybridized carbons (Fsp3) is 0.375. The van der Waals surface area contributed by atoms with Gasteiger partial charge in [-0.1, -0.05) is 0 Å². The molecule has 0 amide bonds. The topological polar surface area (TPSA) is 22.0 Å². The highest BCUT2D eigenvalue weighted by Gasteiger charge is 2.34. The van der Waals surface area contributed by atoms with Crippen molar-refractivity contribution < 1.29 is 13.2 Å². The summed E-state index contributed by atoms with van der Waals surface area (Å²) in [6, 6.07) is 0.975. The Morgan fingerprint density at radius 1 is 1.43 bits per heavy atom. The molecule has 14 heavy (non-hydrogen) atoms. The maximum Gasteiger partial charge on any atom is 0.417 e. The highest BCUT2D eigenvalue weighted by molar-refractivity contribution is 14.1. The summed E-state index contributed by atoms with van der Waals surface area (Å²) < 4.78 is 38.1. The molecule has 0 fully saturated rings. The van der Waals surface area contributed by atoms with E-state index in [4.69, 9.17) is 0 Å². The molecule has 1 heterocycles. The molecule has 0 aliphatic heterocycles. The van der Waals surface area contributed by atoms with E-state index in [2.05, 4.69) is 0 Å². The third-order valence-corrected chi connectivity index (χ3v) is 2.96. The van der Waals surface area contributed by atoms with Gasteiger partial charge in [0.25, 0.3) is 5.56 Å². The number of rotatable bonds is 0. The second-order valence-corrected chi connectivity index (χ2v) is 3.95. The van der Waals surface area contributed by atoms with Gasteiger partial charge in [0.15, 0.2) is 0 Å². The van der Waals surface area contributed by atoms with Gasteiger partial charge in [0.1, 0.15) is 0 Å². The second kappa shape index (κ2) is 3.56. The number of hydrogen-bond donors (Lipinski definition) is 0. The van der Waals surface area contributed by atoms with Crippen LogP contribution >= 0.6 is 22.6 Å². The summed E-state index contributed by atoms with van der Waals surface area (Å²) in [6.45, 7) is 1.46. The fourth-order valence-corrected chi connectivity index (χ4v) is 1.82. The molecule has 6 heteroatoms. The van der Waals surface area contributed by atoms with E-state index in [1.54, 1.807) is 0 Å². The zero-order chi connectivity index (χ0) is 11.1. The monoisotopic (exact) mass is 317 g/mol. The number of nitrogens with zero attached hydrogens (tertiary/aromatic N) is 1. The molecule has 0 aliphatic rings. The summed E-state index contributed by atoms with van der Waals surface area (Å²) in [5.41, 5.74) is -1.18. The first-order chi connectivity index (χ1) is 6.25. The van der Waals surface area contributed by atoms with E-state index in [1.165, 1.54) is 41.1 Å². The van der Waals surface area contributed by atoms with Crippen molar-refractivity contribution in [2.75, 3.05) is 0 Å². The van der Waals surface area contributed by atoms with Gasteiger partial charge in [0.2, 0.25) is 0 Å². The van der Waals surface area contributed by atoms with E-state index in [0.29, 0.717) is 5.69 Å². The lowest BCUT2D eigenvalue weighted by molar-refractivity contribution is -0.138. The van der Waals surface area contributed by atoms with Gasteiger partial charge in [-0.05, 0) is 35.6 Å². The molecule has 0 atom stereocenters. The molecule has 0 bridgehead atoms. The van der Waals surface area contributed by atoms with Crippen LogP contribution in [0.4, 0.5) is 13.2 Å². The molecule has 0 aromatic carbocycles. The van der Waals surface area contributed by atoms with Gasteiger partial charge in [-0.2, -0.15) is 13.2 Å². The highest BCUT2D eigenvalue weighted by Crippen LogP contribution is 2.31. The first kappa shape index (κ1) is 11.5. The average Bonchev–Trinajstić information content (AvgIpc) is 2.06. The van der Waals surface area contributed by atoms with Crippen molar-refractivity contribution in [3.8, 4) is 0 Å². The Morgan fingerprint density at radius 2 is 1.93 bits per heavy atom. The van der Waals surface area contributed by atoms with E-state index in [0.717, 1.165) is 6.07 Å². The molecule has 0 aliphatic carbocycles. The van der Waals surface area contributed by atoms with Crippen LogP contribution in [0.3, 0.4) is 0 Å². The summed E-state index contributed by atoms with van der Waals surface area (Å²) in [5, 5.41) is 0. The van der Waals surface area contributed by atoms with E-state index in [1.807, 2.05) is 0 Å². The summed E-state index contributed by atoms with van der Waals surface area (Å²) in [7, 11) is 1.44. The quantitative estimate of drug-likeness (QED) is 0.673. The van der Waals surface area contributed by atoms with Gasteiger partial charge in [0.05, 0.1) is 9.13 Å². The smallest absolute Gasteiger partial charge is 0.315 e. The minimum atomic E-state index is -4.46. The zero-order valence-corrected chi connectivity index (χ0v) is 9.60. The van der Waals surface area contributed by atoms with Crippen molar-refractivity contribution in [2.24, 2.45) is 7.05 Å². The number of pyridine rings is 1. The van der Waals surface area contributed by atoms with Gasteiger partial charge in [-0.25, -0.2) is 0 Å². The normalized spacial score (nSPS) is 11.9. The van der Waals surface area contributed by atoms with Crippen LogP contribution in [0.2, 0.25) is 0 Å². The fourth-order valence-electron chi connectivity index (χ4n) is 0.998. The van der Waals surface area contributed by atoms with Crippen LogP contribution < -0.4 is 5.56 Å². The van der Waals surface area contributed by atoms with Crippen molar-refractivity contribution in [2.45, 2.75) is 13.1 Å². The van der Waals surface area contributed by atoms with Gasteiger partial charge in [-0.3, -0.25) is 4.79 Å². The molecule has 0 saturated heterocycles. The molecule has 0 unspecified atom stereocenters. The molecule has 0 saturated carbocycles. The van der Waals surface area contributed by atoms with Gasteiger partial charge in [0, 0.05) is 12.7 Å². The molecular formula is C8H7F3INO. The number of alkyl halides is 3. The Balaban J connectivity index is 3.58. The van der Waals surface area contributed by atoms with Crippen molar-refractivity contribution in [3.63, 3.8) is 0 Å². The maximum atomic E-state index is 12.4. The zero-order valence-electron chi connectivity index (χ0n) is 7.44. The summed E-state index contributed by atoms with van der Waals surface area (Å²) in [5.74, 6) is 0. The van der Waals surface area contributed by atoms with Crippen molar-refractivity contribution in [1.82, 2.24) is 4.57 Å². The van der Waals surface area contributed by atoms with E-state index in [-0.39, 0.29) is 3.57 Å². The van der Waals surface area contributed by atoms with Crippen LogP contribution in [0.25, 0.3) is 0 Å². The summed E-state index contributed by atoms with van der Waals surface area (Å²) in [4.78, 5) is 11.3. The number of hydrogen-bond acceptors (Lipinski definition) is 1. The molecule has 1 aromatic rings. The van der Waals surface area contributed by atoms with Gasteiger partial charge in [-0.15, -0.1) is 0 Å². The standard InChI is InChI=1S/C8H7F3INO/c1-4-3-5(8(9,10)11)6(12)7(14)13(4)2/h3H,1-2H3. The van der Waals surface area contributed by atoms with Crippen molar-refractivity contribution in [1.29, 1.82) is 0 Å². The van der Waals surface area contributed by atoms with Crippen LogP contribution in [-0.2, 0) is 13.2 Å². The average molecular weight is 317 g/mol. The van der Waals surface area contributed by atoms with Crippen LogP contribution in [0, 0.1) is 10.5 Å². The summed E-state index contributed by atoms with van der Waals surface area (Å²) >= 11 is 1.42. The molecule has 2 nitrogen and oxygen atoms in total. The Bertz CT molecular complexity index is 422. The molecule has 78 valence electrons. The van der Waals surface area contributed by atoms with E-state index in [9.17, 15) is 18.0 Å². The maximum absolute atomic E-state index is 12.4. The van der Waals surface area contributed by atoms with Crippen LogP contribution in [0.1, 0.15) is 11.3 Å². The lowest BCUT2D eigenvalue weighted by Crippen LogP contribution is -2.26. The van der Waals surface area contributed by atoms with E-state index >= 15 is 0 Å². The van der Waals surface area contributed by atoms with E-state index < -0.39 is 17.3 Å². The van der Waals surface area contributed by atoms with Crippen LogP contribution in [-0.4, -0.2) is 4.57 Å². The Hall–Kier alpha value is -0.530. The Kier molecular flexibility index (Phi) is 2.93. The van der Waals surface area contributed by atoms with Crippen molar-refractivity contribution in [3.05, 3.63) is 31.2 Å². The first-order valence-corrected chi connectivity index (χ1v) is 4.76. The lowest BCUT2D eigenvalue weighted by atomic mass is 10.2. The van der Waals surface area contributed by atoms with Crippen LogP contribution in [0.5, 0.6) is 0 Å². The Labute approximate surface area is 91.9 Å². The van der Waals surface area contributed by atoms with Gasteiger partial charge >= 0.3 is 6.18 Å². The first-order valence-electron chi connectivity index (χ1n) is 3.68. The number of halogens is 4. The van der Waals surface area contributed by atoms with Crippen molar-refractivity contribution >= 4 is 22.6 Å². The second-order valence-electron chi connectivity index (χ2n) is 2.88. The largest absolute Gasteiger partial charge is 0.417 e. The Morgan fingerprint density at radius 3 is 2.36 bits per heavy atom. The minimum absolute atomic E-state index is 0.289. The SMILES string of the molecule is Cc1cc(C(F)(F)F)c(I)c(=O)n1C. The predicted octanol–water partition coefficient (Wildman–Crippen LogP) is 2.32. The number of aryl methyl sites for hydroxylation is 1. The molecule has 0 spiro atoms.